The predicted octanol–water partition coefficient (Wildman–Crippen LogP) is 3.43. The van der Waals surface area contributed by atoms with E-state index in [4.69, 9.17) is 9.72 Å². The Morgan fingerprint density at radius 2 is 1.85 bits per heavy atom. The lowest BCUT2D eigenvalue weighted by Gasteiger charge is -2.26. The van der Waals surface area contributed by atoms with Crippen molar-refractivity contribution < 1.29 is 14.6 Å². The van der Waals surface area contributed by atoms with Crippen molar-refractivity contribution in [3.05, 3.63) is 71.7 Å². The van der Waals surface area contributed by atoms with E-state index in [0.717, 1.165) is 55.4 Å². The number of amides is 1. The first kappa shape index (κ1) is 22.3. The van der Waals surface area contributed by atoms with Gasteiger partial charge < -0.3 is 15.2 Å². The van der Waals surface area contributed by atoms with Crippen molar-refractivity contribution in [2.75, 3.05) is 39.4 Å². The summed E-state index contributed by atoms with van der Waals surface area (Å²) in [6, 6.07) is 18.6. The molecule has 1 saturated heterocycles. The van der Waals surface area contributed by atoms with Crippen molar-refractivity contribution >= 4 is 17.2 Å². The van der Waals surface area contributed by atoms with Gasteiger partial charge in [0, 0.05) is 42.7 Å². The quantitative estimate of drug-likeness (QED) is 0.426. The highest BCUT2D eigenvalue weighted by Gasteiger charge is 2.19. The van der Waals surface area contributed by atoms with Crippen LogP contribution >= 0.6 is 11.3 Å². The van der Waals surface area contributed by atoms with Gasteiger partial charge >= 0.3 is 0 Å². The number of carbonyl (C=O) groups is 1. The summed E-state index contributed by atoms with van der Waals surface area (Å²) < 4.78 is 7.08. The molecule has 1 fully saturated rings. The van der Waals surface area contributed by atoms with E-state index >= 15 is 0 Å². The van der Waals surface area contributed by atoms with Crippen LogP contribution in [0, 0.1) is 0 Å². The largest absolute Gasteiger partial charge is 0.508 e. The Bertz CT molecular complexity index is 1260. The van der Waals surface area contributed by atoms with E-state index in [-0.39, 0.29) is 11.7 Å². The zero-order valence-corrected chi connectivity index (χ0v) is 19.4. The van der Waals surface area contributed by atoms with Crippen LogP contribution in [0.1, 0.15) is 10.5 Å². The van der Waals surface area contributed by atoms with Crippen molar-refractivity contribution in [3.63, 3.8) is 0 Å². The molecule has 2 N–H and O–H groups in total. The zero-order valence-electron chi connectivity index (χ0n) is 18.6. The Labute approximate surface area is 201 Å². The van der Waals surface area contributed by atoms with Crippen molar-refractivity contribution in [2.24, 2.45) is 0 Å². The molecule has 0 spiro atoms. The number of phenolic OH excluding ortho intramolecular Hbond substituents is 1. The number of benzene rings is 2. The summed E-state index contributed by atoms with van der Waals surface area (Å²) in [4.78, 5) is 19.9. The van der Waals surface area contributed by atoms with Gasteiger partial charge in [0.2, 0.25) is 5.13 Å². The molecule has 2 aromatic heterocycles. The van der Waals surface area contributed by atoms with E-state index in [1.807, 2.05) is 41.8 Å². The van der Waals surface area contributed by atoms with Crippen LogP contribution < -0.4 is 5.32 Å². The Balaban J connectivity index is 1.40. The van der Waals surface area contributed by atoms with Crippen LogP contribution in [0.3, 0.4) is 0 Å². The fourth-order valence-electron chi connectivity index (χ4n) is 3.85. The molecule has 8 nitrogen and oxygen atoms in total. The van der Waals surface area contributed by atoms with Gasteiger partial charge in [0.05, 0.1) is 24.6 Å². The van der Waals surface area contributed by atoms with E-state index in [9.17, 15) is 9.90 Å². The molecule has 0 saturated carbocycles. The lowest BCUT2D eigenvalue weighted by Crippen LogP contribution is -2.41. The van der Waals surface area contributed by atoms with Gasteiger partial charge in [0.25, 0.3) is 5.91 Å². The molecule has 1 aliphatic heterocycles. The smallest absolute Gasteiger partial charge is 0.271 e. The Hall–Kier alpha value is -3.53. The van der Waals surface area contributed by atoms with Gasteiger partial charge in [-0.1, -0.05) is 42.5 Å². The van der Waals surface area contributed by atoms with Crippen LogP contribution in [-0.2, 0) is 4.74 Å². The van der Waals surface area contributed by atoms with E-state index in [1.165, 1.54) is 11.3 Å². The second kappa shape index (κ2) is 10.2. The topological polar surface area (TPSA) is 92.5 Å². The lowest BCUT2D eigenvalue weighted by molar-refractivity contribution is 0.0383. The van der Waals surface area contributed by atoms with Crippen molar-refractivity contribution in [1.82, 2.24) is 25.0 Å². The Kier molecular flexibility index (Phi) is 6.66. The van der Waals surface area contributed by atoms with Crippen LogP contribution in [0.2, 0.25) is 0 Å². The minimum absolute atomic E-state index is 0.187. The Morgan fingerprint density at radius 3 is 2.65 bits per heavy atom. The molecule has 0 bridgehead atoms. The number of ether oxygens (including phenoxy) is 1. The summed E-state index contributed by atoms with van der Waals surface area (Å²) in [6.07, 6.45) is 0. The molecule has 34 heavy (non-hydrogen) atoms. The first-order chi connectivity index (χ1) is 16.7. The van der Waals surface area contributed by atoms with Crippen LogP contribution in [-0.4, -0.2) is 70.1 Å². The molecule has 0 atom stereocenters. The summed E-state index contributed by atoms with van der Waals surface area (Å²) in [7, 11) is 0. The second-order valence-electron chi connectivity index (χ2n) is 7.97. The minimum Gasteiger partial charge on any atom is -0.508 e. The average Bonchev–Trinajstić information content (AvgIpc) is 3.53. The van der Waals surface area contributed by atoms with E-state index in [0.29, 0.717) is 17.4 Å². The summed E-state index contributed by atoms with van der Waals surface area (Å²) >= 11 is 1.43. The number of morpholine rings is 1. The lowest BCUT2D eigenvalue weighted by atomic mass is 10.1. The fraction of sp³-hybridized carbons (Fsp3) is 0.240. The van der Waals surface area contributed by atoms with E-state index in [2.05, 4.69) is 15.3 Å². The number of aromatic hydroxyl groups is 1. The maximum atomic E-state index is 12.9. The van der Waals surface area contributed by atoms with Gasteiger partial charge in [-0.25, -0.2) is 9.67 Å². The van der Waals surface area contributed by atoms with Crippen LogP contribution in [0.15, 0.2) is 66.0 Å². The SMILES string of the molecule is O=C(NCCN1CCOCC1)c1cc(-c2ccccc2)n(-c2nc(-c3cccc(O)c3)cs2)n1. The predicted molar refractivity (Wildman–Crippen MR) is 131 cm³/mol. The van der Waals surface area contributed by atoms with Gasteiger partial charge in [-0.05, 0) is 18.2 Å². The third kappa shape index (κ3) is 5.01. The number of carbonyl (C=O) groups excluding carboxylic acids is 1. The zero-order chi connectivity index (χ0) is 23.3. The highest BCUT2D eigenvalue weighted by atomic mass is 32.1. The monoisotopic (exact) mass is 475 g/mol. The molecule has 0 radical (unpaired) electrons. The number of thiazole rings is 1. The minimum atomic E-state index is -0.214. The molecule has 174 valence electrons. The van der Waals surface area contributed by atoms with Crippen LogP contribution in [0.4, 0.5) is 0 Å². The number of aromatic nitrogens is 3. The molecule has 4 aromatic rings. The summed E-state index contributed by atoms with van der Waals surface area (Å²) in [5.41, 5.74) is 3.63. The molecular formula is C25H25N5O3S. The maximum absolute atomic E-state index is 12.9. The van der Waals surface area contributed by atoms with Crippen LogP contribution in [0.25, 0.3) is 27.6 Å². The number of hydrogen-bond acceptors (Lipinski definition) is 7. The molecule has 3 heterocycles. The average molecular weight is 476 g/mol. The fourth-order valence-corrected chi connectivity index (χ4v) is 4.65. The maximum Gasteiger partial charge on any atom is 0.271 e. The number of phenols is 1. The van der Waals surface area contributed by atoms with Gasteiger partial charge in [-0.3, -0.25) is 9.69 Å². The van der Waals surface area contributed by atoms with Gasteiger partial charge in [-0.2, -0.15) is 5.10 Å². The van der Waals surface area contributed by atoms with Crippen molar-refractivity contribution in [3.8, 4) is 33.4 Å². The van der Waals surface area contributed by atoms with E-state index < -0.39 is 0 Å². The van der Waals surface area contributed by atoms with Gasteiger partial charge in [-0.15, -0.1) is 11.3 Å². The third-order valence-corrected chi connectivity index (χ3v) is 6.46. The highest BCUT2D eigenvalue weighted by Crippen LogP contribution is 2.30. The molecule has 1 aliphatic rings. The number of nitrogens with zero attached hydrogens (tertiary/aromatic N) is 4. The number of rotatable bonds is 7. The molecule has 9 heteroatoms. The number of nitrogens with one attached hydrogen (secondary N) is 1. The Morgan fingerprint density at radius 1 is 1.06 bits per heavy atom. The summed E-state index contributed by atoms with van der Waals surface area (Å²) in [5, 5.41) is 20.0. The molecule has 0 aliphatic carbocycles. The molecular weight excluding hydrogens is 450 g/mol. The van der Waals surface area contributed by atoms with Crippen molar-refractivity contribution in [2.45, 2.75) is 0 Å². The second-order valence-corrected chi connectivity index (χ2v) is 8.80. The van der Waals surface area contributed by atoms with Crippen LogP contribution in [0.5, 0.6) is 5.75 Å². The van der Waals surface area contributed by atoms with E-state index in [1.54, 1.807) is 28.9 Å². The first-order valence-electron chi connectivity index (χ1n) is 11.2. The molecule has 1 amide bonds. The van der Waals surface area contributed by atoms with Gasteiger partial charge in [0.1, 0.15) is 5.75 Å². The summed E-state index contributed by atoms with van der Waals surface area (Å²) in [6.45, 7) is 4.56. The standard InChI is InChI=1S/C25H25N5O3S/c31-20-8-4-7-19(15-20)22-17-34-25(27-22)30-23(18-5-2-1-3-6-18)16-21(28-30)24(32)26-9-10-29-11-13-33-14-12-29/h1-8,15-17,31H,9-14H2,(H,26,32). The molecule has 5 rings (SSSR count). The first-order valence-corrected chi connectivity index (χ1v) is 12.0. The van der Waals surface area contributed by atoms with Crippen molar-refractivity contribution in [1.29, 1.82) is 0 Å². The third-order valence-electron chi connectivity index (χ3n) is 5.64. The molecule has 2 aromatic carbocycles. The molecule has 0 unspecified atom stereocenters. The normalized spacial score (nSPS) is 14.2. The highest BCUT2D eigenvalue weighted by molar-refractivity contribution is 7.12. The number of hydrogen-bond donors (Lipinski definition) is 2. The van der Waals surface area contributed by atoms with Gasteiger partial charge in [0.15, 0.2) is 5.69 Å². The summed E-state index contributed by atoms with van der Waals surface area (Å²) in [5.74, 6) is -0.0268.